The highest BCUT2D eigenvalue weighted by molar-refractivity contribution is 5.55. The van der Waals surface area contributed by atoms with Gasteiger partial charge in [-0.15, -0.1) is 0 Å². The molecular formula is C15H21N3. The van der Waals surface area contributed by atoms with Crippen molar-refractivity contribution in [3.63, 3.8) is 0 Å². The van der Waals surface area contributed by atoms with Crippen LogP contribution in [0, 0.1) is 18.3 Å². The van der Waals surface area contributed by atoms with Crippen molar-refractivity contribution in [1.82, 2.24) is 4.90 Å². The third-order valence-electron chi connectivity index (χ3n) is 3.68. The monoisotopic (exact) mass is 243 g/mol. The summed E-state index contributed by atoms with van der Waals surface area (Å²) in [6.45, 7) is 4.43. The van der Waals surface area contributed by atoms with Crippen LogP contribution in [-0.2, 0) is 0 Å². The van der Waals surface area contributed by atoms with E-state index in [0.717, 1.165) is 17.8 Å². The smallest absolute Gasteiger partial charge is 0.0992 e. The number of hydrogen-bond donors (Lipinski definition) is 1. The van der Waals surface area contributed by atoms with Crippen molar-refractivity contribution >= 4 is 5.69 Å². The Morgan fingerprint density at radius 3 is 2.94 bits per heavy atom. The summed E-state index contributed by atoms with van der Waals surface area (Å²) in [5.74, 6) is 0. The molecule has 0 bridgehead atoms. The minimum absolute atomic E-state index is 0.530. The minimum Gasteiger partial charge on any atom is -0.382 e. The van der Waals surface area contributed by atoms with E-state index >= 15 is 0 Å². The third-order valence-corrected chi connectivity index (χ3v) is 3.68. The van der Waals surface area contributed by atoms with E-state index in [2.05, 4.69) is 30.3 Å². The Bertz CT molecular complexity index is 448. The van der Waals surface area contributed by atoms with Crippen molar-refractivity contribution in [2.24, 2.45) is 0 Å². The Morgan fingerprint density at radius 2 is 2.17 bits per heavy atom. The second-order valence-electron chi connectivity index (χ2n) is 5.22. The summed E-state index contributed by atoms with van der Waals surface area (Å²) in [4.78, 5) is 2.39. The lowest BCUT2D eigenvalue weighted by atomic mass is 10.1. The second-order valence-corrected chi connectivity index (χ2v) is 5.22. The van der Waals surface area contributed by atoms with E-state index in [9.17, 15) is 0 Å². The first-order chi connectivity index (χ1) is 8.69. The fourth-order valence-electron chi connectivity index (χ4n) is 2.45. The van der Waals surface area contributed by atoms with Gasteiger partial charge in [0.05, 0.1) is 11.6 Å². The van der Waals surface area contributed by atoms with Crippen LogP contribution in [0.2, 0.25) is 0 Å². The summed E-state index contributed by atoms with van der Waals surface area (Å²) < 4.78 is 0. The van der Waals surface area contributed by atoms with E-state index in [1.165, 1.54) is 31.4 Å². The van der Waals surface area contributed by atoms with E-state index < -0.39 is 0 Å². The van der Waals surface area contributed by atoms with Crippen molar-refractivity contribution in [2.75, 3.05) is 25.5 Å². The highest BCUT2D eigenvalue weighted by atomic mass is 15.1. The number of benzene rings is 1. The number of nitrogens with zero attached hydrogens (tertiary/aromatic N) is 2. The molecule has 1 saturated heterocycles. The quantitative estimate of drug-likeness (QED) is 0.868. The predicted octanol–water partition coefficient (Wildman–Crippen LogP) is 2.76. The molecule has 1 fully saturated rings. The topological polar surface area (TPSA) is 39.1 Å². The molecule has 1 aromatic carbocycles. The molecule has 1 aliphatic heterocycles. The number of aryl methyl sites for hydroxylation is 1. The molecule has 1 unspecified atom stereocenters. The third kappa shape index (κ3) is 3.24. The predicted molar refractivity (Wildman–Crippen MR) is 74.7 cm³/mol. The van der Waals surface area contributed by atoms with Crippen LogP contribution in [0.1, 0.15) is 30.4 Å². The van der Waals surface area contributed by atoms with Gasteiger partial charge < -0.3 is 10.2 Å². The van der Waals surface area contributed by atoms with Crippen LogP contribution in [0.4, 0.5) is 5.69 Å². The van der Waals surface area contributed by atoms with Crippen molar-refractivity contribution in [3.8, 4) is 6.07 Å². The molecule has 1 aromatic rings. The lowest BCUT2D eigenvalue weighted by Gasteiger charge is -2.19. The molecule has 1 heterocycles. The molecular weight excluding hydrogens is 222 g/mol. The number of hydrogen-bond acceptors (Lipinski definition) is 3. The molecule has 0 spiro atoms. The maximum absolute atomic E-state index is 8.95. The van der Waals surface area contributed by atoms with Gasteiger partial charge in [-0.25, -0.2) is 0 Å². The van der Waals surface area contributed by atoms with Gasteiger partial charge in [0.15, 0.2) is 0 Å². The average molecular weight is 243 g/mol. The SMILES string of the molecule is Cc1ccc(C#N)cc1NC1CCCN(C)CC1. The van der Waals surface area contributed by atoms with Crippen molar-refractivity contribution < 1.29 is 0 Å². The van der Waals surface area contributed by atoms with Gasteiger partial charge in [-0.2, -0.15) is 5.26 Å². The fraction of sp³-hybridized carbons (Fsp3) is 0.533. The van der Waals surface area contributed by atoms with Gasteiger partial charge in [-0.3, -0.25) is 0 Å². The molecule has 3 heteroatoms. The van der Waals surface area contributed by atoms with E-state index in [1.807, 2.05) is 18.2 Å². The number of nitrogens with one attached hydrogen (secondary N) is 1. The highest BCUT2D eigenvalue weighted by Gasteiger charge is 2.15. The summed E-state index contributed by atoms with van der Waals surface area (Å²) in [6, 6.07) is 8.59. The molecule has 0 radical (unpaired) electrons. The molecule has 0 saturated carbocycles. The first-order valence-electron chi connectivity index (χ1n) is 6.65. The summed E-state index contributed by atoms with van der Waals surface area (Å²) in [5, 5.41) is 12.6. The van der Waals surface area contributed by atoms with Gasteiger partial charge in [0, 0.05) is 11.7 Å². The largest absolute Gasteiger partial charge is 0.382 e. The van der Waals surface area contributed by atoms with E-state index in [1.54, 1.807) is 0 Å². The maximum atomic E-state index is 8.95. The van der Waals surface area contributed by atoms with Gasteiger partial charge in [0.1, 0.15) is 0 Å². The Balaban J connectivity index is 2.06. The Hall–Kier alpha value is -1.53. The van der Waals surface area contributed by atoms with E-state index in [-0.39, 0.29) is 0 Å². The molecule has 96 valence electrons. The zero-order chi connectivity index (χ0) is 13.0. The molecule has 1 N–H and O–H groups in total. The number of anilines is 1. The Kier molecular flexibility index (Phi) is 4.22. The first-order valence-corrected chi connectivity index (χ1v) is 6.65. The lowest BCUT2D eigenvalue weighted by Crippen LogP contribution is -2.23. The standard InChI is InChI=1S/C15H21N3/c1-12-5-6-13(11-16)10-15(12)17-14-4-3-8-18(2)9-7-14/h5-6,10,14,17H,3-4,7-9H2,1-2H3. The minimum atomic E-state index is 0.530. The number of nitriles is 1. The zero-order valence-corrected chi connectivity index (χ0v) is 11.2. The summed E-state index contributed by atoms with van der Waals surface area (Å²) >= 11 is 0. The average Bonchev–Trinajstić information content (AvgIpc) is 2.57. The highest BCUT2D eigenvalue weighted by Crippen LogP contribution is 2.21. The summed E-state index contributed by atoms with van der Waals surface area (Å²) in [7, 11) is 2.18. The number of likely N-dealkylation sites (tertiary alicyclic amines) is 1. The van der Waals surface area contributed by atoms with Crippen molar-refractivity contribution in [2.45, 2.75) is 32.2 Å². The van der Waals surface area contributed by atoms with Gasteiger partial charge >= 0.3 is 0 Å². The maximum Gasteiger partial charge on any atom is 0.0992 e. The van der Waals surface area contributed by atoms with Gasteiger partial charge in [-0.05, 0) is 64.0 Å². The lowest BCUT2D eigenvalue weighted by molar-refractivity contribution is 0.348. The van der Waals surface area contributed by atoms with Gasteiger partial charge in [-0.1, -0.05) is 6.07 Å². The molecule has 0 aliphatic carbocycles. The molecule has 3 nitrogen and oxygen atoms in total. The van der Waals surface area contributed by atoms with Crippen LogP contribution < -0.4 is 5.32 Å². The Labute approximate surface area is 109 Å². The van der Waals surface area contributed by atoms with Crippen LogP contribution in [0.5, 0.6) is 0 Å². The first kappa shape index (κ1) is 12.9. The molecule has 0 amide bonds. The van der Waals surface area contributed by atoms with Crippen LogP contribution in [0.15, 0.2) is 18.2 Å². The molecule has 0 aromatic heterocycles. The van der Waals surface area contributed by atoms with Gasteiger partial charge in [0.25, 0.3) is 0 Å². The van der Waals surface area contributed by atoms with Crippen LogP contribution in [0.25, 0.3) is 0 Å². The van der Waals surface area contributed by atoms with Crippen LogP contribution in [-0.4, -0.2) is 31.1 Å². The van der Waals surface area contributed by atoms with Crippen LogP contribution in [0.3, 0.4) is 0 Å². The van der Waals surface area contributed by atoms with Crippen molar-refractivity contribution in [3.05, 3.63) is 29.3 Å². The van der Waals surface area contributed by atoms with Crippen LogP contribution >= 0.6 is 0 Å². The molecule has 1 aliphatic rings. The summed E-state index contributed by atoms with van der Waals surface area (Å²) in [6.07, 6.45) is 3.62. The molecule has 2 rings (SSSR count). The fourth-order valence-corrected chi connectivity index (χ4v) is 2.45. The number of rotatable bonds is 2. The zero-order valence-electron chi connectivity index (χ0n) is 11.2. The molecule has 18 heavy (non-hydrogen) atoms. The normalized spacial score (nSPS) is 21.1. The van der Waals surface area contributed by atoms with Gasteiger partial charge in [0.2, 0.25) is 0 Å². The van der Waals surface area contributed by atoms with Crippen molar-refractivity contribution in [1.29, 1.82) is 5.26 Å². The van der Waals surface area contributed by atoms with E-state index in [4.69, 9.17) is 5.26 Å². The van der Waals surface area contributed by atoms with E-state index in [0.29, 0.717) is 6.04 Å². The second kappa shape index (κ2) is 5.88. The summed E-state index contributed by atoms with van der Waals surface area (Å²) in [5.41, 5.74) is 3.06. The molecule has 1 atom stereocenters. The Morgan fingerprint density at radius 1 is 1.33 bits per heavy atom.